The molecule has 2 heterocycles. The number of hydrogen-bond acceptors (Lipinski definition) is 7. The van der Waals surface area contributed by atoms with E-state index in [1.807, 2.05) is 0 Å². The van der Waals surface area contributed by atoms with Crippen LogP contribution in [0.4, 0.5) is 10.2 Å². The van der Waals surface area contributed by atoms with Gasteiger partial charge in [-0.3, -0.25) is 9.36 Å². The molecule has 8 nitrogen and oxygen atoms in total. The first-order valence-electron chi connectivity index (χ1n) is 7.61. The van der Waals surface area contributed by atoms with Crippen LogP contribution in [0.25, 0.3) is 0 Å². The smallest absolute Gasteiger partial charge is 0.351 e. The van der Waals surface area contributed by atoms with Crippen molar-refractivity contribution >= 4 is 11.8 Å². The molecule has 0 saturated carbocycles. The summed E-state index contributed by atoms with van der Waals surface area (Å²) in [4.78, 5) is 27.1. The molecule has 1 fully saturated rings. The number of anilines is 1. The Morgan fingerprint density at radius 1 is 1.72 bits per heavy atom. The second-order valence-corrected chi connectivity index (χ2v) is 5.97. The Morgan fingerprint density at radius 2 is 2.40 bits per heavy atom. The summed E-state index contributed by atoms with van der Waals surface area (Å²) in [5, 5.41) is 10.3. The number of carbonyl (C=O) groups excluding carboxylic acids is 1. The number of nitrogens with zero attached hydrogens (tertiary/aromatic N) is 2. The Hall–Kier alpha value is -2.48. The topological polar surface area (TPSA) is 117 Å². The van der Waals surface area contributed by atoms with Crippen LogP contribution in [-0.4, -0.2) is 45.1 Å². The summed E-state index contributed by atoms with van der Waals surface area (Å²) in [6.07, 6.45) is -2.37. The van der Waals surface area contributed by atoms with Crippen molar-refractivity contribution in [3.8, 4) is 0 Å². The van der Waals surface area contributed by atoms with Crippen LogP contribution in [0.3, 0.4) is 0 Å². The van der Waals surface area contributed by atoms with E-state index in [1.54, 1.807) is 13.8 Å². The van der Waals surface area contributed by atoms with Gasteiger partial charge >= 0.3 is 11.7 Å². The normalized spacial score (nSPS) is 28.6. The number of hydrogen-bond donors (Lipinski definition) is 2. The maximum absolute atomic E-state index is 15.4. The van der Waals surface area contributed by atoms with Crippen LogP contribution in [0.15, 0.2) is 35.4 Å². The van der Waals surface area contributed by atoms with Crippen LogP contribution in [0, 0.1) is 5.92 Å². The number of ether oxygens (including phenoxy) is 2. The van der Waals surface area contributed by atoms with E-state index in [9.17, 15) is 14.7 Å². The summed E-state index contributed by atoms with van der Waals surface area (Å²) in [6.45, 7) is 6.19. The molecule has 0 bridgehead atoms. The zero-order chi connectivity index (χ0) is 18.8. The quantitative estimate of drug-likeness (QED) is 0.579. The minimum absolute atomic E-state index is 0.0362. The minimum Gasteiger partial charge on any atom is -0.463 e. The van der Waals surface area contributed by atoms with Crippen LogP contribution in [0.2, 0.25) is 0 Å². The summed E-state index contributed by atoms with van der Waals surface area (Å²) in [5.41, 5.74) is 4.31. The Bertz CT molecular complexity index is 758. The first-order valence-corrected chi connectivity index (χ1v) is 7.61. The molecule has 1 aliphatic heterocycles. The highest BCUT2D eigenvalue weighted by atomic mass is 19.1. The molecule has 0 radical (unpaired) electrons. The predicted octanol–water partition coefficient (Wildman–Crippen LogP) is 0.332. The maximum atomic E-state index is 15.4. The van der Waals surface area contributed by atoms with E-state index in [1.165, 1.54) is 12.3 Å². The van der Waals surface area contributed by atoms with Crippen molar-refractivity contribution in [1.82, 2.24) is 9.55 Å². The summed E-state index contributed by atoms with van der Waals surface area (Å²) >= 11 is 0. The number of alkyl halides is 1. The molecule has 4 atom stereocenters. The SMILES string of the molecule is C=C=C[C@@]1(F)[C@H](O)[C@@H](COC(=O)C(C)C)O[C@H]1n1ccc(N)nc1=O. The fourth-order valence-corrected chi connectivity index (χ4v) is 2.43. The van der Waals surface area contributed by atoms with Gasteiger partial charge in [-0.05, 0) is 6.07 Å². The molecule has 9 heteroatoms. The molecule has 0 amide bonds. The van der Waals surface area contributed by atoms with E-state index < -0.39 is 35.8 Å². The Balaban J connectivity index is 2.33. The van der Waals surface area contributed by atoms with Crippen molar-refractivity contribution in [2.45, 2.75) is 38.0 Å². The van der Waals surface area contributed by atoms with Crippen LogP contribution < -0.4 is 11.4 Å². The third kappa shape index (κ3) is 3.63. The summed E-state index contributed by atoms with van der Waals surface area (Å²) in [6, 6.07) is 1.29. The Kier molecular flexibility index (Phi) is 5.42. The summed E-state index contributed by atoms with van der Waals surface area (Å²) < 4.78 is 26.7. The van der Waals surface area contributed by atoms with E-state index >= 15 is 4.39 Å². The highest BCUT2D eigenvalue weighted by Gasteiger charge is 2.57. The number of aliphatic hydroxyl groups is 1. The molecule has 1 saturated heterocycles. The average molecular weight is 353 g/mol. The summed E-state index contributed by atoms with van der Waals surface area (Å²) in [7, 11) is 0. The van der Waals surface area contributed by atoms with E-state index in [0.717, 1.165) is 10.6 Å². The molecule has 0 unspecified atom stereocenters. The third-order valence-corrected chi connectivity index (χ3v) is 3.78. The van der Waals surface area contributed by atoms with Gasteiger partial charge in [0.1, 0.15) is 24.6 Å². The second-order valence-electron chi connectivity index (χ2n) is 5.97. The van der Waals surface area contributed by atoms with Gasteiger partial charge in [0.05, 0.1) is 5.92 Å². The molecule has 25 heavy (non-hydrogen) atoms. The molecule has 0 aromatic carbocycles. The highest BCUT2D eigenvalue weighted by molar-refractivity contribution is 5.71. The van der Waals surface area contributed by atoms with E-state index in [4.69, 9.17) is 15.2 Å². The van der Waals surface area contributed by atoms with E-state index in [0.29, 0.717) is 0 Å². The number of aromatic nitrogens is 2. The monoisotopic (exact) mass is 353 g/mol. The third-order valence-electron chi connectivity index (χ3n) is 3.78. The van der Waals surface area contributed by atoms with Gasteiger partial charge < -0.3 is 20.3 Å². The maximum Gasteiger partial charge on any atom is 0.351 e. The molecule has 0 aliphatic carbocycles. The second kappa shape index (κ2) is 7.18. The number of nitrogens with two attached hydrogens (primary N) is 1. The lowest BCUT2D eigenvalue weighted by atomic mass is 9.96. The Morgan fingerprint density at radius 3 is 2.96 bits per heavy atom. The molecule has 2 rings (SSSR count). The molecule has 1 aliphatic rings. The van der Waals surface area contributed by atoms with Gasteiger partial charge in [-0.2, -0.15) is 4.98 Å². The van der Waals surface area contributed by atoms with Gasteiger partial charge in [0.2, 0.25) is 5.67 Å². The molecular weight excluding hydrogens is 333 g/mol. The fraction of sp³-hybridized carbons (Fsp3) is 0.500. The zero-order valence-corrected chi connectivity index (χ0v) is 13.9. The standard InChI is InChI=1S/C16H20FN3O5/c1-4-6-16(17)12(21)10(8-24-13(22)9(2)3)25-14(16)20-7-5-11(18)19-15(20)23/h5-7,9-10,12,14,21H,1,8H2,2-3H3,(H2,18,19,23)/t10-,12-,14-,16-/m1/s1. The van der Waals surface area contributed by atoms with Crippen molar-refractivity contribution < 1.29 is 23.8 Å². The van der Waals surface area contributed by atoms with Gasteiger partial charge in [0.15, 0.2) is 6.23 Å². The lowest BCUT2D eigenvalue weighted by Crippen LogP contribution is -2.44. The Labute approximate surface area is 143 Å². The predicted molar refractivity (Wildman–Crippen MR) is 86.2 cm³/mol. The molecule has 136 valence electrons. The van der Waals surface area contributed by atoms with Gasteiger partial charge in [-0.15, -0.1) is 5.73 Å². The van der Waals surface area contributed by atoms with Crippen molar-refractivity contribution in [3.63, 3.8) is 0 Å². The van der Waals surface area contributed by atoms with Crippen LogP contribution >= 0.6 is 0 Å². The first kappa shape index (κ1) is 18.9. The van der Waals surface area contributed by atoms with Gasteiger partial charge in [-0.25, -0.2) is 9.18 Å². The molecule has 3 N–H and O–H groups in total. The number of nitrogen functional groups attached to an aromatic ring is 1. The van der Waals surface area contributed by atoms with E-state index in [-0.39, 0.29) is 18.3 Å². The summed E-state index contributed by atoms with van der Waals surface area (Å²) in [5.74, 6) is -0.943. The van der Waals surface area contributed by atoms with Crippen molar-refractivity contribution in [2.75, 3.05) is 12.3 Å². The van der Waals surface area contributed by atoms with Gasteiger partial charge in [0, 0.05) is 12.3 Å². The number of aliphatic hydroxyl groups excluding tert-OH is 1. The minimum atomic E-state index is -2.52. The van der Waals surface area contributed by atoms with Crippen LogP contribution in [0.5, 0.6) is 0 Å². The van der Waals surface area contributed by atoms with Gasteiger partial charge in [0.25, 0.3) is 0 Å². The molecular formula is C16H20FN3O5. The molecule has 0 spiro atoms. The first-order chi connectivity index (χ1) is 11.7. The highest BCUT2D eigenvalue weighted by Crippen LogP contribution is 2.42. The number of halogens is 1. The van der Waals surface area contributed by atoms with Crippen molar-refractivity contribution in [1.29, 1.82) is 0 Å². The molecule has 1 aromatic heterocycles. The lowest BCUT2D eigenvalue weighted by molar-refractivity contribution is -0.153. The number of rotatable bonds is 5. The molecule has 1 aromatic rings. The lowest BCUT2D eigenvalue weighted by Gasteiger charge is -2.25. The van der Waals surface area contributed by atoms with Crippen molar-refractivity contribution in [2.24, 2.45) is 5.92 Å². The van der Waals surface area contributed by atoms with Crippen molar-refractivity contribution in [3.05, 3.63) is 41.1 Å². The largest absolute Gasteiger partial charge is 0.463 e. The van der Waals surface area contributed by atoms with Crippen LogP contribution in [-0.2, 0) is 14.3 Å². The average Bonchev–Trinajstić information content (AvgIpc) is 2.77. The zero-order valence-electron chi connectivity index (χ0n) is 13.9. The number of carbonyl (C=O) groups is 1. The fourth-order valence-electron chi connectivity index (χ4n) is 2.43. The van der Waals surface area contributed by atoms with E-state index in [2.05, 4.69) is 17.3 Å². The van der Waals surface area contributed by atoms with Gasteiger partial charge in [-0.1, -0.05) is 20.4 Å². The van der Waals surface area contributed by atoms with Crippen LogP contribution in [0.1, 0.15) is 20.1 Å². The number of esters is 1.